The Kier molecular flexibility index (Phi) is 7.11. The number of likely N-dealkylation sites (tertiary alicyclic amines) is 1. The summed E-state index contributed by atoms with van der Waals surface area (Å²) in [6, 6.07) is 0. The monoisotopic (exact) mass is 539 g/mol. The standard InChI is InChI=1S/C33H53N3O3/c1-21-15-30-33(34-5,36(19-21)14-13-35(6)23(3)37)20-32(39-30)12-10-26-27-8-7-24-16-25(38)9-11-31(24,4)29(27)17-28(26)22(2)18-32/h21,24,26-27,29-30,34H,7-20H2,1-6H3. The number of fused-ring (bicyclic) bond motifs is 6. The van der Waals surface area contributed by atoms with Crippen LogP contribution in [0.1, 0.15) is 98.3 Å². The quantitative estimate of drug-likeness (QED) is 0.500. The Balaban J connectivity index is 1.24. The van der Waals surface area contributed by atoms with E-state index in [1.807, 2.05) is 11.9 Å². The Morgan fingerprint density at radius 2 is 2.00 bits per heavy atom. The van der Waals surface area contributed by atoms with Crippen molar-refractivity contribution in [3.8, 4) is 0 Å². The van der Waals surface area contributed by atoms with E-state index < -0.39 is 0 Å². The summed E-state index contributed by atoms with van der Waals surface area (Å²) in [5.41, 5.74) is 3.48. The maximum Gasteiger partial charge on any atom is 0.219 e. The van der Waals surface area contributed by atoms with Crippen LogP contribution in [0.3, 0.4) is 0 Å². The third kappa shape index (κ3) is 4.46. The van der Waals surface area contributed by atoms with Gasteiger partial charge in [0.05, 0.1) is 11.7 Å². The summed E-state index contributed by atoms with van der Waals surface area (Å²) in [6.45, 7) is 11.7. The second-order valence-corrected chi connectivity index (χ2v) is 15.0. The molecule has 1 amide bonds. The lowest BCUT2D eigenvalue weighted by molar-refractivity contribution is -0.130. The predicted molar refractivity (Wildman–Crippen MR) is 154 cm³/mol. The molecule has 0 radical (unpaired) electrons. The van der Waals surface area contributed by atoms with Gasteiger partial charge in [-0.2, -0.15) is 0 Å². The summed E-state index contributed by atoms with van der Waals surface area (Å²) in [5.74, 6) is 4.10. The molecule has 2 saturated heterocycles. The first-order chi connectivity index (χ1) is 18.5. The molecule has 1 spiro atoms. The van der Waals surface area contributed by atoms with Gasteiger partial charge in [-0.3, -0.25) is 19.8 Å². The van der Waals surface area contributed by atoms with Crippen molar-refractivity contribution in [1.29, 1.82) is 0 Å². The number of hydrogen-bond donors (Lipinski definition) is 1. The molecule has 218 valence electrons. The molecule has 4 aliphatic carbocycles. The summed E-state index contributed by atoms with van der Waals surface area (Å²) in [7, 11) is 4.04. The molecule has 3 saturated carbocycles. The highest BCUT2D eigenvalue weighted by molar-refractivity contribution is 5.79. The maximum atomic E-state index is 12.3. The van der Waals surface area contributed by atoms with Crippen LogP contribution in [0.25, 0.3) is 0 Å². The van der Waals surface area contributed by atoms with Crippen molar-refractivity contribution in [3.63, 3.8) is 0 Å². The van der Waals surface area contributed by atoms with Crippen LogP contribution < -0.4 is 5.32 Å². The molecule has 1 N–H and O–H groups in total. The predicted octanol–water partition coefficient (Wildman–Crippen LogP) is 5.17. The lowest BCUT2D eigenvalue weighted by Crippen LogP contribution is -2.67. The number of likely N-dealkylation sites (N-methyl/N-ethyl adjacent to an activating group) is 2. The normalized spacial score (nSPS) is 45.9. The minimum atomic E-state index is -0.156. The van der Waals surface area contributed by atoms with Crippen LogP contribution in [0.4, 0.5) is 0 Å². The van der Waals surface area contributed by atoms with Gasteiger partial charge in [-0.1, -0.05) is 25.0 Å². The highest BCUT2D eigenvalue weighted by atomic mass is 16.5. The molecular weight excluding hydrogens is 486 g/mol. The molecule has 6 aliphatic rings. The minimum absolute atomic E-state index is 0.0995. The number of carbonyl (C=O) groups excluding carboxylic acids is 2. The summed E-state index contributed by atoms with van der Waals surface area (Å²) in [6.07, 6.45) is 12.4. The highest BCUT2D eigenvalue weighted by Crippen LogP contribution is 2.65. The summed E-state index contributed by atoms with van der Waals surface area (Å²) >= 11 is 0. The van der Waals surface area contributed by atoms with E-state index in [0.29, 0.717) is 29.0 Å². The molecule has 0 aromatic heterocycles. The van der Waals surface area contributed by atoms with Crippen molar-refractivity contribution in [3.05, 3.63) is 11.1 Å². The molecule has 0 bridgehead atoms. The van der Waals surface area contributed by atoms with Crippen LogP contribution in [0.5, 0.6) is 0 Å². The van der Waals surface area contributed by atoms with Crippen LogP contribution >= 0.6 is 0 Å². The van der Waals surface area contributed by atoms with Crippen LogP contribution in [-0.2, 0) is 14.3 Å². The van der Waals surface area contributed by atoms with Gasteiger partial charge in [0.2, 0.25) is 5.91 Å². The number of amides is 1. The fraction of sp³-hybridized carbons (Fsp3) is 0.879. The van der Waals surface area contributed by atoms with Gasteiger partial charge in [-0.05, 0) is 100 Å². The van der Waals surface area contributed by atoms with Gasteiger partial charge in [0, 0.05) is 52.9 Å². The summed E-state index contributed by atoms with van der Waals surface area (Å²) < 4.78 is 7.26. The zero-order chi connectivity index (χ0) is 27.7. The molecule has 0 aromatic rings. The second-order valence-electron chi connectivity index (χ2n) is 15.0. The number of rotatable bonds is 4. The number of carbonyl (C=O) groups is 2. The number of allylic oxidation sites excluding steroid dienone is 1. The van der Waals surface area contributed by atoms with Crippen molar-refractivity contribution in [2.24, 2.45) is 35.0 Å². The number of piperidine rings is 1. The lowest BCUT2D eigenvalue weighted by Gasteiger charge is -2.52. The van der Waals surface area contributed by atoms with Gasteiger partial charge in [-0.25, -0.2) is 0 Å². The van der Waals surface area contributed by atoms with Crippen molar-refractivity contribution in [2.75, 3.05) is 33.7 Å². The summed E-state index contributed by atoms with van der Waals surface area (Å²) in [4.78, 5) is 28.7. The van der Waals surface area contributed by atoms with Crippen molar-refractivity contribution in [2.45, 2.75) is 116 Å². The number of ether oxygens (including phenoxy) is 1. The molecule has 6 nitrogen and oxygen atoms in total. The zero-order valence-electron chi connectivity index (χ0n) is 25.5. The Morgan fingerprint density at radius 3 is 2.74 bits per heavy atom. The van der Waals surface area contributed by atoms with Crippen molar-refractivity contribution < 1.29 is 14.3 Å². The summed E-state index contributed by atoms with van der Waals surface area (Å²) in [5, 5.41) is 3.80. The number of nitrogens with one attached hydrogen (secondary N) is 1. The van der Waals surface area contributed by atoms with Crippen LogP contribution in [0, 0.1) is 35.0 Å². The van der Waals surface area contributed by atoms with Gasteiger partial charge >= 0.3 is 0 Å². The average Bonchev–Trinajstić information content (AvgIpc) is 3.39. The second kappa shape index (κ2) is 9.94. The Morgan fingerprint density at radius 1 is 1.21 bits per heavy atom. The van der Waals surface area contributed by atoms with E-state index in [0.717, 1.165) is 76.4 Å². The topological polar surface area (TPSA) is 61.9 Å². The van der Waals surface area contributed by atoms with Gasteiger partial charge in [0.15, 0.2) is 0 Å². The molecular formula is C33H53N3O3. The molecule has 2 heterocycles. The molecule has 9 unspecified atom stereocenters. The van der Waals surface area contributed by atoms with E-state index in [1.165, 1.54) is 25.7 Å². The van der Waals surface area contributed by atoms with Gasteiger partial charge < -0.3 is 9.64 Å². The molecule has 2 aliphatic heterocycles. The van der Waals surface area contributed by atoms with E-state index in [-0.39, 0.29) is 23.3 Å². The SMILES string of the molecule is CNC12CC3(CCC4C(=C(C)C3)CC3C4CCC4CC(=O)CCC43C)OC1CC(C)CN2CCN(C)C(C)=O. The van der Waals surface area contributed by atoms with Crippen LogP contribution in [0.15, 0.2) is 11.1 Å². The number of ketones is 1. The van der Waals surface area contributed by atoms with Gasteiger partial charge in [-0.15, -0.1) is 0 Å². The molecule has 9 atom stereocenters. The third-order valence-electron chi connectivity index (χ3n) is 12.9. The third-order valence-corrected chi connectivity index (χ3v) is 12.9. The first-order valence-electron chi connectivity index (χ1n) is 16.0. The smallest absolute Gasteiger partial charge is 0.219 e. The number of nitrogens with zero attached hydrogens (tertiary/aromatic N) is 2. The molecule has 5 fully saturated rings. The molecule has 6 heteroatoms. The first kappa shape index (κ1) is 27.9. The lowest BCUT2D eigenvalue weighted by atomic mass is 9.52. The fourth-order valence-electron chi connectivity index (χ4n) is 10.7. The van der Waals surface area contributed by atoms with E-state index in [9.17, 15) is 9.59 Å². The van der Waals surface area contributed by atoms with Crippen molar-refractivity contribution in [1.82, 2.24) is 15.1 Å². The van der Waals surface area contributed by atoms with Crippen LogP contribution in [0.2, 0.25) is 0 Å². The average molecular weight is 540 g/mol. The van der Waals surface area contributed by atoms with Crippen molar-refractivity contribution >= 4 is 11.7 Å². The van der Waals surface area contributed by atoms with E-state index in [4.69, 9.17) is 4.74 Å². The van der Waals surface area contributed by atoms with Gasteiger partial charge in [0.1, 0.15) is 11.4 Å². The Bertz CT molecular complexity index is 1040. The zero-order valence-corrected chi connectivity index (χ0v) is 25.5. The van der Waals surface area contributed by atoms with Crippen LogP contribution in [-0.4, -0.2) is 72.6 Å². The van der Waals surface area contributed by atoms with Gasteiger partial charge in [0.25, 0.3) is 0 Å². The molecule has 0 aromatic carbocycles. The molecule has 39 heavy (non-hydrogen) atoms. The first-order valence-corrected chi connectivity index (χ1v) is 16.0. The highest BCUT2D eigenvalue weighted by Gasteiger charge is 2.62. The Hall–Kier alpha value is -1.24. The number of Topliss-reactive ketones (excluding diaryl/α,β-unsaturated/α-hetero) is 1. The fourth-order valence-corrected chi connectivity index (χ4v) is 10.7. The largest absolute Gasteiger partial charge is 0.368 e. The minimum Gasteiger partial charge on any atom is -0.368 e. The number of hydrogen-bond acceptors (Lipinski definition) is 5. The Labute approximate surface area is 236 Å². The molecule has 6 rings (SSSR count). The van der Waals surface area contributed by atoms with E-state index >= 15 is 0 Å². The van der Waals surface area contributed by atoms with E-state index in [2.05, 4.69) is 38.0 Å². The van der Waals surface area contributed by atoms with E-state index in [1.54, 1.807) is 18.1 Å². The maximum absolute atomic E-state index is 12.3.